The van der Waals surface area contributed by atoms with Crippen LogP contribution in [-0.4, -0.2) is 17.5 Å². The highest BCUT2D eigenvalue weighted by Gasteiger charge is 2.17. The Balaban J connectivity index is 1.63. The van der Waals surface area contributed by atoms with Crippen LogP contribution >= 0.6 is 38.9 Å². The van der Waals surface area contributed by atoms with Crippen LogP contribution in [0.3, 0.4) is 0 Å². The van der Waals surface area contributed by atoms with E-state index in [0.29, 0.717) is 15.9 Å². The number of nitrogens with zero attached hydrogens (tertiary/aromatic N) is 1. The summed E-state index contributed by atoms with van der Waals surface area (Å²) in [6.07, 6.45) is 4.45. The predicted octanol–water partition coefficient (Wildman–Crippen LogP) is 5.07. The van der Waals surface area contributed by atoms with E-state index in [-0.39, 0.29) is 12.5 Å². The van der Waals surface area contributed by atoms with Gasteiger partial charge in [0.2, 0.25) is 0 Å². The molecule has 4 nitrogen and oxygen atoms in total. The molecule has 128 valence electrons. The topological polar surface area (TPSA) is 51.2 Å². The lowest BCUT2D eigenvalue weighted by atomic mass is 10.0. The second kappa shape index (κ2) is 7.42. The summed E-state index contributed by atoms with van der Waals surface area (Å²) in [5, 5.41) is 4.20. The van der Waals surface area contributed by atoms with E-state index >= 15 is 0 Å². The van der Waals surface area contributed by atoms with Gasteiger partial charge in [0, 0.05) is 9.90 Å². The quantitative estimate of drug-likeness (QED) is 0.738. The molecule has 0 bridgehead atoms. The maximum absolute atomic E-state index is 12.1. The second-order valence-corrected chi connectivity index (χ2v) is 8.13. The first-order valence-corrected chi connectivity index (χ1v) is 9.81. The fourth-order valence-corrected chi connectivity index (χ4v) is 4.47. The summed E-state index contributed by atoms with van der Waals surface area (Å²) in [6, 6.07) is 1.83. The Bertz CT molecular complexity index is 768. The van der Waals surface area contributed by atoms with Gasteiger partial charge in [-0.1, -0.05) is 11.6 Å². The Morgan fingerprint density at radius 2 is 2.17 bits per heavy atom. The van der Waals surface area contributed by atoms with Crippen LogP contribution in [0.25, 0.3) is 0 Å². The van der Waals surface area contributed by atoms with E-state index in [1.807, 2.05) is 19.9 Å². The lowest BCUT2D eigenvalue weighted by molar-refractivity contribution is -0.118. The molecular weight excluding hydrogens is 412 g/mol. The maximum atomic E-state index is 12.1. The smallest absolute Gasteiger partial charge is 0.264 e. The van der Waals surface area contributed by atoms with E-state index in [1.165, 1.54) is 17.7 Å². The van der Waals surface area contributed by atoms with Crippen molar-refractivity contribution in [2.45, 2.75) is 39.5 Å². The number of hydrogen-bond donors (Lipinski definition) is 1. The summed E-state index contributed by atoms with van der Waals surface area (Å²) >= 11 is 11.2. The van der Waals surface area contributed by atoms with Crippen molar-refractivity contribution in [1.82, 2.24) is 4.98 Å². The highest BCUT2D eigenvalue weighted by molar-refractivity contribution is 9.10. The number of anilines is 1. The lowest BCUT2D eigenvalue weighted by Gasteiger charge is -2.12. The van der Waals surface area contributed by atoms with Gasteiger partial charge in [-0.2, -0.15) is 0 Å². The molecule has 0 saturated carbocycles. The molecule has 7 heteroatoms. The Hall–Kier alpha value is -1.11. The molecule has 1 aliphatic carbocycles. The molecule has 0 saturated heterocycles. The SMILES string of the molecule is Cc1cc(OCC(=O)Nc2nc3c(s2)CCCC3)c(Br)c(C)c1Cl. The van der Waals surface area contributed by atoms with Gasteiger partial charge in [0.25, 0.3) is 5.91 Å². The molecule has 1 N–H and O–H groups in total. The first-order chi connectivity index (χ1) is 11.5. The summed E-state index contributed by atoms with van der Waals surface area (Å²) in [6.45, 7) is 3.75. The minimum absolute atomic E-state index is 0.0661. The lowest BCUT2D eigenvalue weighted by Crippen LogP contribution is -2.20. The molecule has 24 heavy (non-hydrogen) atoms. The standard InChI is InChI=1S/C17H18BrClN2O2S/c1-9-7-12(15(18)10(2)16(9)19)23-8-14(22)21-17-20-11-5-3-4-6-13(11)24-17/h7H,3-6,8H2,1-2H3,(H,20,21,22). The van der Waals surface area contributed by atoms with Crippen molar-refractivity contribution in [3.63, 3.8) is 0 Å². The monoisotopic (exact) mass is 428 g/mol. The number of rotatable bonds is 4. The van der Waals surface area contributed by atoms with Gasteiger partial charge in [-0.15, -0.1) is 11.3 Å². The third kappa shape index (κ3) is 3.76. The Morgan fingerprint density at radius 3 is 2.92 bits per heavy atom. The van der Waals surface area contributed by atoms with Gasteiger partial charge in [-0.25, -0.2) is 4.98 Å². The van der Waals surface area contributed by atoms with Crippen LogP contribution in [0.5, 0.6) is 5.75 Å². The number of carbonyl (C=O) groups is 1. The van der Waals surface area contributed by atoms with Crippen molar-refractivity contribution in [3.05, 3.63) is 37.3 Å². The Labute approximate surface area is 158 Å². The zero-order valence-corrected chi connectivity index (χ0v) is 16.7. The van der Waals surface area contributed by atoms with Gasteiger partial charge in [-0.05, 0) is 72.7 Å². The van der Waals surface area contributed by atoms with Gasteiger partial charge in [0.05, 0.1) is 10.2 Å². The summed E-state index contributed by atoms with van der Waals surface area (Å²) in [4.78, 5) is 17.9. The van der Waals surface area contributed by atoms with Crippen molar-refractivity contribution in [2.75, 3.05) is 11.9 Å². The molecule has 1 heterocycles. The number of fused-ring (bicyclic) bond motifs is 1. The van der Waals surface area contributed by atoms with Crippen molar-refractivity contribution in [1.29, 1.82) is 0 Å². The highest BCUT2D eigenvalue weighted by Crippen LogP contribution is 2.35. The summed E-state index contributed by atoms with van der Waals surface area (Å²) in [5.74, 6) is 0.404. The molecule has 1 amide bonds. The number of halogens is 2. The molecule has 0 unspecified atom stereocenters. The number of hydrogen-bond acceptors (Lipinski definition) is 4. The van der Waals surface area contributed by atoms with E-state index in [1.54, 1.807) is 11.3 Å². The largest absolute Gasteiger partial charge is 0.483 e. The number of nitrogens with one attached hydrogen (secondary N) is 1. The Kier molecular flexibility index (Phi) is 5.47. The summed E-state index contributed by atoms with van der Waals surface area (Å²) in [5.41, 5.74) is 2.95. The minimum atomic E-state index is -0.210. The molecule has 0 atom stereocenters. The molecule has 3 rings (SSSR count). The summed E-state index contributed by atoms with van der Waals surface area (Å²) in [7, 11) is 0. The average molecular weight is 430 g/mol. The van der Waals surface area contributed by atoms with Gasteiger partial charge in [0.1, 0.15) is 5.75 Å². The Morgan fingerprint density at radius 1 is 1.42 bits per heavy atom. The van der Waals surface area contributed by atoms with Crippen LogP contribution in [-0.2, 0) is 17.6 Å². The number of ether oxygens (including phenoxy) is 1. The van der Waals surface area contributed by atoms with Crippen molar-refractivity contribution < 1.29 is 9.53 Å². The van der Waals surface area contributed by atoms with Crippen LogP contribution < -0.4 is 10.1 Å². The van der Waals surface area contributed by atoms with Crippen molar-refractivity contribution in [3.8, 4) is 5.75 Å². The zero-order chi connectivity index (χ0) is 17.3. The van der Waals surface area contributed by atoms with E-state index in [4.69, 9.17) is 16.3 Å². The molecule has 0 radical (unpaired) electrons. The van der Waals surface area contributed by atoms with Gasteiger partial charge >= 0.3 is 0 Å². The fourth-order valence-electron chi connectivity index (χ4n) is 2.71. The minimum Gasteiger partial charge on any atom is -0.483 e. The van der Waals surface area contributed by atoms with Crippen LogP contribution in [0.4, 0.5) is 5.13 Å². The van der Waals surface area contributed by atoms with Gasteiger partial charge < -0.3 is 4.74 Å². The van der Waals surface area contributed by atoms with Gasteiger partial charge in [-0.3, -0.25) is 10.1 Å². The maximum Gasteiger partial charge on any atom is 0.264 e. The molecular formula is C17H18BrClN2O2S. The van der Waals surface area contributed by atoms with Crippen LogP contribution in [0.1, 0.15) is 34.5 Å². The van der Waals surface area contributed by atoms with Crippen molar-refractivity contribution in [2.24, 2.45) is 0 Å². The zero-order valence-electron chi connectivity index (χ0n) is 13.5. The number of aryl methyl sites for hydroxylation is 3. The first kappa shape index (κ1) is 17.7. The van der Waals surface area contributed by atoms with Crippen LogP contribution in [0.2, 0.25) is 5.02 Å². The van der Waals surface area contributed by atoms with E-state index in [0.717, 1.165) is 34.1 Å². The second-order valence-electron chi connectivity index (χ2n) is 5.88. The molecule has 1 aliphatic rings. The first-order valence-electron chi connectivity index (χ1n) is 7.82. The molecule has 1 aromatic carbocycles. The number of amides is 1. The number of benzene rings is 1. The van der Waals surface area contributed by atoms with Gasteiger partial charge in [0.15, 0.2) is 11.7 Å². The van der Waals surface area contributed by atoms with Crippen molar-refractivity contribution >= 4 is 49.9 Å². The molecule has 0 aliphatic heterocycles. The third-order valence-corrected chi connectivity index (χ3v) is 6.66. The normalized spacial score (nSPS) is 13.5. The van der Waals surface area contributed by atoms with Crippen LogP contribution in [0, 0.1) is 13.8 Å². The molecule has 1 aromatic heterocycles. The average Bonchev–Trinajstić information content (AvgIpc) is 2.97. The molecule has 0 spiro atoms. The molecule has 0 fully saturated rings. The van der Waals surface area contributed by atoms with Crippen LogP contribution in [0.15, 0.2) is 10.5 Å². The number of carbonyl (C=O) groups excluding carboxylic acids is 1. The highest BCUT2D eigenvalue weighted by atomic mass is 79.9. The molecule has 2 aromatic rings. The number of thiazole rings is 1. The predicted molar refractivity (Wildman–Crippen MR) is 102 cm³/mol. The summed E-state index contributed by atoms with van der Waals surface area (Å²) < 4.78 is 6.42. The third-order valence-electron chi connectivity index (χ3n) is 4.02. The van der Waals surface area contributed by atoms with E-state index in [9.17, 15) is 4.79 Å². The fraction of sp³-hybridized carbons (Fsp3) is 0.412. The number of aromatic nitrogens is 1. The van der Waals surface area contributed by atoms with E-state index < -0.39 is 0 Å². The van der Waals surface area contributed by atoms with E-state index in [2.05, 4.69) is 26.2 Å².